The molecule has 0 aliphatic rings. The molecule has 0 bridgehead atoms. The zero-order chi connectivity index (χ0) is 19.0. The second-order valence-corrected chi connectivity index (χ2v) is 6.26. The predicted molar refractivity (Wildman–Crippen MR) is 102 cm³/mol. The molecule has 136 valence electrons. The van der Waals surface area contributed by atoms with E-state index in [2.05, 4.69) is 15.2 Å². The monoisotopic (exact) mass is 361 g/mol. The number of rotatable bonds is 4. The highest BCUT2D eigenvalue weighted by atomic mass is 16.5. The molecule has 0 spiro atoms. The first-order valence-electron chi connectivity index (χ1n) is 8.59. The molecule has 4 rings (SSSR count). The van der Waals surface area contributed by atoms with E-state index in [0.717, 1.165) is 33.9 Å². The molecule has 0 aliphatic heterocycles. The molecule has 0 unspecified atom stereocenters. The molecule has 3 aromatic heterocycles. The summed E-state index contributed by atoms with van der Waals surface area (Å²) >= 11 is 0. The number of benzene rings is 1. The second kappa shape index (κ2) is 6.68. The Morgan fingerprint density at radius 2 is 1.74 bits per heavy atom. The molecule has 0 saturated carbocycles. The summed E-state index contributed by atoms with van der Waals surface area (Å²) in [5.74, 6) is 2.09. The molecule has 7 nitrogen and oxygen atoms in total. The number of aryl methyl sites for hydroxylation is 2. The summed E-state index contributed by atoms with van der Waals surface area (Å²) in [6, 6.07) is 12.9. The maximum absolute atomic E-state index is 12.8. The van der Waals surface area contributed by atoms with E-state index < -0.39 is 0 Å². The van der Waals surface area contributed by atoms with Gasteiger partial charge >= 0.3 is 0 Å². The van der Waals surface area contributed by atoms with Gasteiger partial charge in [-0.05, 0) is 44.2 Å². The van der Waals surface area contributed by atoms with Gasteiger partial charge in [0.25, 0.3) is 5.56 Å². The van der Waals surface area contributed by atoms with E-state index in [1.807, 2.05) is 54.8 Å². The van der Waals surface area contributed by atoms with Crippen LogP contribution in [0.25, 0.3) is 16.6 Å². The number of pyridine rings is 2. The normalized spacial score (nSPS) is 11.1. The van der Waals surface area contributed by atoms with E-state index in [0.29, 0.717) is 12.3 Å². The number of hydrogen-bond donors (Lipinski definition) is 0. The van der Waals surface area contributed by atoms with Crippen LogP contribution in [-0.4, -0.2) is 31.4 Å². The van der Waals surface area contributed by atoms with E-state index in [4.69, 9.17) is 4.74 Å². The van der Waals surface area contributed by atoms with Crippen molar-refractivity contribution in [2.45, 2.75) is 20.4 Å². The van der Waals surface area contributed by atoms with Gasteiger partial charge in [-0.15, -0.1) is 10.2 Å². The van der Waals surface area contributed by atoms with Crippen LogP contribution in [0, 0.1) is 13.8 Å². The molecule has 0 atom stereocenters. The highest BCUT2D eigenvalue weighted by molar-refractivity contribution is 5.90. The van der Waals surface area contributed by atoms with E-state index >= 15 is 0 Å². The lowest BCUT2D eigenvalue weighted by atomic mass is 10.1. The highest BCUT2D eigenvalue weighted by Gasteiger charge is 2.19. The van der Waals surface area contributed by atoms with Crippen LogP contribution in [0.4, 0.5) is 0 Å². The van der Waals surface area contributed by atoms with Gasteiger partial charge in [-0.1, -0.05) is 6.07 Å². The molecule has 0 aliphatic carbocycles. The van der Waals surface area contributed by atoms with Crippen molar-refractivity contribution in [3.63, 3.8) is 0 Å². The summed E-state index contributed by atoms with van der Waals surface area (Å²) in [6.45, 7) is 4.11. The minimum Gasteiger partial charge on any atom is -0.494 e. The van der Waals surface area contributed by atoms with Gasteiger partial charge in [0, 0.05) is 17.6 Å². The fraction of sp³-hybridized carbons (Fsp3) is 0.200. The SMILES string of the molecule is COc1ccc2ccc(=O)n(Cc3ccccn3)c2c1-n1c(C)nnc1C. The Labute approximate surface area is 155 Å². The van der Waals surface area contributed by atoms with Crippen LogP contribution in [0.15, 0.2) is 53.5 Å². The van der Waals surface area contributed by atoms with Crippen LogP contribution in [0.5, 0.6) is 5.75 Å². The summed E-state index contributed by atoms with van der Waals surface area (Å²) in [5, 5.41) is 9.26. The van der Waals surface area contributed by atoms with E-state index in [1.54, 1.807) is 23.9 Å². The van der Waals surface area contributed by atoms with Crippen LogP contribution < -0.4 is 10.3 Å². The molecule has 4 aromatic rings. The number of ether oxygens (including phenoxy) is 1. The van der Waals surface area contributed by atoms with Crippen LogP contribution in [0.3, 0.4) is 0 Å². The Kier molecular flexibility index (Phi) is 4.19. The molecule has 0 radical (unpaired) electrons. The Morgan fingerprint density at radius 3 is 2.41 bits per heavy atom. The van der Waals surface area contributed by atoms with Crippen molar-refractivity contribution in [1.82, 2.24) is 24.3 Å². The Hall–Kier alpha value is -3.48. The van der Waals surface area contributed by atoms with Crippen molar-refractivity contribution < 1.29 is 4.74 Å². The summed E-state index contributed by atoms with van der Waals surface area (Å²) < 4.78 is 9.25. The largest absolute Gasteiger partial charge is 0.494 e. The molecule has 7 heteroatoms. The van der Waals surface area contributed by atoms with E-state index in [-0.39, 0.29) is 5.56 Å². The standard InChI is InChI=1S/C20H19N5O2/c1-13-22-23-14(2)25(13)20-17(27-3)9-7-15-8-10-18(26)24(19(15)20)12-16-6-4-5-11-21-16/h4-11H,12H2,1-3H3. The van der Waals surface area contributed by atoms with E-state index in [1.165, 1.54) is 0 Å². The average Bonchev–Trinajstić information content (AvgIpc) is 3.02. The Balaban J connectivity index is 2.09. The molecular formula is C20H19N5O2. The fourth-order valence-electron chi connectivity index (χ4n) is 3.34. The quantitative estimate of drug-likeness (QED) is 0.559. The molecule has 0 saturated heterocycles. The molecular weight excluding hydrogens is 342 g/mol. The average molecular weight is 361 g/mol. The number of hydrogen-bond acceptors (Lipinski definition) is 5. The smallest absolute Gasteiger partial charge is 0.251 e. The Bertz CT molecular complexity index is 1160. The predicted octanol–water partition coefficient (Wildman–Crippen LogP) is 2.65. The number of fused-ring (bicyclic) bond motifs is 1. The molecule has 0 N–H and O–H groups in total. The van der Waals surface area contributed by atoms with Gasteiger partial charge in [0.05, 0.1) is 24.9 Å². The van der Waals surface area contributed by atoms with Crippen molar-refractivity contribution in [3.8, 4) is 11.4 Å². The zero-order valence-corrected chi connectivity index (χ0v) is 15.4. The van der Waals surface area contributed by atoms with Crippen LogP contribution >= 0.6 is 0 Å². The number of nitrogens with zero attached hydrogens (tertiary/aromatic N) is 5. The molecule has 0 fully saturated rings. The lowest BCUT2D eigenvalue weighted by Crippen LogP contribution is -2.22. The lowest BCUT2D eigenvalue weighted by molar-refractivity contribution is 0.413. The second-order valence-electron chi connectivity index (χ2n) is 6.26. The van der Waals surface area contributed by atoms with Gasteiger partial charge in [-0.2, -0.15) is 0 Å². The minimum atomic E-state index is -0.106. The van der Waals surface area contributed by atoms with Crippen molar-refractivity contribution in [2.24, 2.45) is 0 Å². The van der Waals surface area contributed by atoms with Gasteiger partial charge in [0.15, 0.2) is 0 Å². The van der Waals surface area contributed by atoms with Crippen LogP contribution in [-0.2, 0) is 6.54 Å². The first kappa shape index (κ1) is 17.0. The number of aromatic nitrogens is 5. The highest BCUT2D eigenvalue weighted by Crippen LogP contribution is 2.32. The van der Waals surface area contributed by atoms with Crippen molar-refractivity contribution in [2.75, 3.05) is 7.11 Å². The molecule has 3 heterocycles. The van der Waals surface area contributed by atoms with Gasteiger partial charge in [-0.25, -0.2) is 0 Å². The van der Waals surface area contributed by atoms with Crippen molar-refractivity contribution in [1.29, 1.82) is 0 Å². The molecule has 1 aromatic carbocycles. The number of methoxy groups -OCH3 is 1. The Morgan fingerprint density at radius 1 is 1.00 bits per heavy atom. The summed E-state index contributed by atoms with van der Waals surface area (Å²) in [4.78, 5) is 17.2. The van der Waals surface area contributed by atoms with Crippen molar-refractivity contribution in [3.05, 3.63) is 76.4 Å². The summed E-state index contributed by atoms with van der Waals surface area (Å²) in [7, 11) is 1.61. The molecule has 0 amide bonds. The zero-order valence-electron chi connectivity index (χ0n) is 15.4. The first-order valence-corrected chi connectivity index (χ1v) is 8.59. The summed E-state index contributed by atoms with van der Waals surface area (Å²) in [6.07, 6.45) is 1.72. The maximum atomic E-state index is 12.8. The molecule has 27 heavy (non-hydrogen) atoms. The summed E-state index contributed by atoms with van der Waals surface area (Å²) in [5.41, 5.74) is 2.21. The third kappa shape index (κ3) is 2.87. The van der Waals surface area contributed by atoms with Gasteiger partial charge in [-0.3, -0.25) is 14.3 Å². The van der Waals surface area contributed by atoms with Crippen LogP contribution in [0.2, 0.25) is 0 Å². The van der Waals surface area contributed by atoms with E-state index in [9.17, 15) is 4.79 Å². The van der Waals surface area contributed by atoms with Gasteiger partial charge < -0.3 is 9.30 Å². The first-order chi connectivity index (χ1) is 13.1. The van der Waals surface area contributed by atoms with Gasteiger partial charge in [0.1, 0.15) is 23.1 Å². The minimum absolute atomic E-state index is 0.106. The maximum Gasteiger partial charge on any atom is 0.251 e. The van der Waals surface area contributed by atoms with Crippen LogP contribution in [0.1, 0.15) is 17.3 Å². The van der Waals surface area contributed by atoms with Crippen molar-refractivity contribution >= 4 is 10.9 Å². The fourth-order valence-corrected chi connectivity index (χ4v) is 3.34. The topological polar surface area (TPSA) is 74.8 Å². The third-order valence-corrected chi connectivity index (χ3v) is 4.56. The van der Waals surface area contributed by atoms with Gasteiger partial charge in [0.2, 0.25) is 0 Å². The third-order valence-electron chi connectivity index (χ3n) is 4.56. The lowest BCUT2D eigenvalue weighted by Gasteiger charge is -2.18.